The minimum absolute atomic E-state index is 0.00901. The van der Waals surface area contributed by atoms with Crippen LogP contribution in [-0.4, -0.2) is 17.6 Å². The largest absolute Gasteiger partial charge is 0.392 e. The van der Waals surface area contributed by atoms with E-state index in [-0.39, 0.29) is 12.5 Å². The maximum atomic E-state index is 11.5. The van der Waals surface area contributed by atoms with Gasteiger partial charge in [-0.05, 0) is 24.1 Å². The molecule has 1 aliphatic rings. The van der Waals surface area contributed by atoms with Crippen LogP contribution in [0.1, 0.15) is 18.4 Å². The van der Waals surface area contributed by atoms with Crippen LogP contribution >= 0.6 is 0 Å². The Morgan fingerprint density at radius 1 is 1.33 bits per heavy atom. The number of hydroxylamine groups is 1. The molecule has 0 saturated carbocycles. The van der Waals surface area contributed by atoms with Crippen LogP contribution in [0.2, 0.25) is 0 Å². The van der Waals surface area contributed by atoms with Crippen LogP contribution in [0.5, 0.6) is 0 Å². The number of carbonyl (C=O) groups excluding carboxylic acids is 1. The Morgan fingerprint density at radius 2 is 2.07 bits per heavy atom. The lowest BCUT2D eigenvalue weighted by atomic mass is 10.2. The molecule has 1 fully saturated rings. The molecule has 2 rings (SSSR count). The lowest BCUT2D eigenvalue weighted by Crippen LogP contribution is -2.35. The normalized spacial score (nSPS) is 16.9. The number of hydrogen-bond donors (Lipinski definition) is 1. The van der Waals surface area contributed by atoms with Crippen LogP contribution in [0.4, 0.5) is 5.69 Å². The molecule has 4 heteroatoms. The molecule has 1 aromatic rings. The molecule has 1 aromatic carbocycles. The average molecular weight is 207 g/mol. The predicted octanol–water partition coefficient (Wildman–Crippen LogP) is 1.24. The first kappa shape index (κ1) is 10.1. The fraction of sp³-hybridized carbons (Fsp3) is 0.364. The van der Waals surface area contributed by atoms with Crippen LogP contribution in [0.15, 0.2) is 24.3 Å². The zero-order valence-electron chi connectivity index (χ0n) is 8.35. The number of hydrogen-bond acceptors (Lipinski definition) is 3. The molecular weight excluding hydrogens is 194 g/mol. The van der Waals surface area contributed by atoms with Gasteiger partial charge in [0.05, 0.1) is 18.9 Å². The van der Waals surface area contributed by atoms with E-state index in [9.17, 15) is 4.79 Å². The fourth-order valence-electron chi connectivity index (χ4n) is 1.51. The molecule has 0 spiro atoms. The van der Waals surface area contributed by atoms with Crippen LogP contribution in [0.3, 0.4) is 0 Å². The zero-order valence-corrected chi connectivity index (χ0v) is 8.35. The first-order chi connectivity index (χ1) is 7.31. The molecular formula is C11H13NO3. The summed E-state index contributed by atoms with van der Waals surface area (Å²) in [5.41, 5.74) is 1.54. The summed E-state index contributed by atoms with van der Waals surface area (Å²) in [6.45, 7) is 0.586. The molecule has 0 aromatic heterocycles. The molecule has 15 heavy (non-hydrogen) atoms. The molecule has 1 amide bonds. The van der Waals surface area contributed by atoms with Crippen molar-refractivity contribution < 1.29 is 14.7 Å². The van der Waals surface area contributed by atoms with Crippen LogP contribution in [-0.2, 0) is 16.2 Å². The SMILES string of the molecule is O=C1CCCON1c1ccc(CO)cc1. The van der Waals surface area contributed by atoms with Gasteiger partial charge in [0.15, 0.2) is 0 Å². The van der Waals surface area contributed by atoms with E-state index in [2.05, 4.69) is 0 Å². The monoisotopic (exact) mass is 207 g/mol. The van der Waals surface area contributed by atoms with Gasteiger partial charge in [0.1, 0.15) is 0 Å². The van der Waals surface area contributed by atoms with Crippen molar-refractivity contribution >= 4 is 11.6 Å². The van der Waals surface area contributed by atoms with E-state index in [0.29, 0.717) is 13.0 Å². The van der Waals surface area contributed by atoms with Crippen LogP contribution in [0, 0.1) is 0 Å². The number of anilines is 1. The van der Waals surface area contributed by atoms with Crippen molar-refractivity contribution in [2.75, 3.05) is 11.7 Å². The Labute approximate surface area is 88.0 Å². The molecule has 0 bridgehead atoms. The Hall–Kier alpha value is -1.39. The van der Waals surface area contributed by atoms with Gasteiger partial charge in [-0.3, -0.25) is 9.63 Å². The van der Waals surface area contributed by atoms with E-state index < -0.39 is 0 Å². The summed E-state index contributed by atoms with van der Waals surface area (Å²) in [4.78, 5) is 16.8. The first-order valence-corrected chi connectivity index (χ1v) is 4.97. The van der Waals surface area contributed by atoms with Crippen molar-refractivity contribution in [3.63, 3.8) is 0 Å². The summed E-state index contributed by atoms with van der Waals surface area (Å²) in [7, 11) is 0. The number of rotatable bonds is 2. The van der Waals surface area contributed by atoms with E-state index in [0.717, 1.165) is 17.7 Å². The minimum Gasteiger partial charge on any atom is -0.392 e. The summed E-state index contributed by atoms with van der Waals surface area (Å²) < 4.78 is 0. The van der Waals surface area contributed by atoms with Gasteiger partial charge in [0.25, 0.3) is 5.91 Å². The second-order valence-corrected chi connectivity index (χ2v) is 3.45. The number of amides is 1. The Balaban J connectivity index is 2.17. The van der Waals surface area contributed by atoms with Crippen molar-refractivity contribution in [2.45, 2.75) is 19.4 Å². The van der Waals surface area contributed by atoms with Gasteiger partial charge in [-0.2, -0.15) is 5.06 Å². The van der Waals surface area contributed by atoms with Gasteiger partial charge in [-0.1, -0.05) is 12.1 Å². The zero-order chi connectivity index (χ0) is 10.7. The molecule has 0 atom stereocenters. The maximum Gasteiger partial charge on any atom is 0.250 e. The second-order valence-electron chi connectivity index (χ2n) is 3.45. The van der Waals surface area contributed by atoms with Gasteiger partial charge in [0.2, 0.25) is 0 Å². The standard InChI is InChI=1S/C11H13NO3/c13-8-9-3-5-10(6-4-9)12-11(14)2-1-7-15-12/h3-6,13H,1-2,7-8H2. The number of aliphatic hydroxyl groups excluding tert-OH is 1. The van der Waals surface area contributed by atoms with E-state index in [1.807, 2.05) is 0 Å². The first-order valence-electron chi connectivity index (χ1n) is 4.97. The van der Waals surface area contributed by atoms with Crippen LogP contribution < -0.4 is 5.06 Å². The van der Waals surface area contributed by atoms with Crippen LogP contribution in [0.25, 0.3) is 0 Å². The van der Waals surface area contributed by atoms with Crippen molar-refractivity contribution in [3.05, 3.63) is 29.8 Å². The van der Waals surface area contributed by atoms with E-state index in [1.54, 1.807) is 24.3 Å². The average Bonchev–Trinajstić information content (AvgIpc) is 2.30. The Morgan fingerprint density at radius 3 is 2.67 bits per heavy atom. The highest BCUT2D eigenvalue weighted by Crippen LogP contribution is 2.20. The summed E-state index contributed by atoms with van der Waals surface area (Å²) in [6, 6.07) is 7.10. The summed E-state index contributed by atoms with van der Waals surface area (Å²) in [6.07, 6.45) is 1.31. The van der Waals surface area contributed by atoms with Gasteiger partial charge < -0.3 is 5.11 Å². The molecule has 0 radical (unpaired) electrons. The smallest absolute Gasteiger partial charge is 0.250 e. The van der Waals surface area contributed by atoms with Gasteiger partial charge in [-0.15, -0.1) is 0 Å². The highest BCUT2D eigenvalue weighted by molar-refractivity contribution is 5.91. The lowest BCUT2D eigenvalue weighted by Gasteiger charge is -2.25. The lowest BCUT2D eigenvalue weighted by molar-refractivity contribution is -0.129. The van der Waals surface area contributed by atoms with Crippen molar-refractivity contribution in [1.29, 1.82) is 0 Å². The molecule has 0 aliphatic carbocycles. The van der Waals surface area contributed by atoms with Crippen molar-refractivity contribution in [2.24, 2.45) is 0 Å². The highest BCUT2D eigenvalue weighted by Gasteiger charge is 2.20. The molecule has 1 aliphatic heterocycles. The topological polar surface area (TPSA) is 49.8 Å². The molecule has 1 N–H and O–H groups in total. The summed E-state index contributed by atoms with van der Waals surface area (Å²) in [5, 5.41) is 10.2. The van der Waals surface area contributed by atoms with Gasteiger partial charge >= 0.3 is 0 Å². The van der Waals surface area contributed by atoms with E-state index >= 15 is 0 Å². The second kappa shape index (κ2) is 4.42. The minimum atomic E-state index is -0.0157. The van der Waals surface area contributed by atoms with Crippen molar-refractivity contribution in [3.8, 4) is 0 Å². The Bertz CT molecular complexity index is 347. The number of benzene rings is 1. The summed E-state index contributed by atoms with van der Waals surface area (Å²) in [5.74, 6) is -0.0157. The number of carbonyl (C=O) groups is 1. The maximum absolute atomic E-state index is 11.5. The van der Waals surface area contributed by atoms with Gasteiger partial charge in [-0.25, -0.2) is 0 Å². The molecule has 80 valence electrons. The Kier molecular flexibility index (Phi) is 2.99. The summed E-state index contributed by atoms with van der Waals surface area (Å²) >= 11 is 0. The third-order valence-electron chi connectivity index (χ3n) is 2.34. The highest BCUT2D eigenvalue weighted by atomic mass is 16.7. The fourth-order valence-corrected chi connectivity index (χ4v) is 1.51. The molecule has 1 heterocycles. The van der Waals surface area contributed by atoms with E-state index in [4.69, 9.17) is 9.94 Å². The number of nitrogens with zero attached hydrogens (tertiary/aromatic N) is 1. The number of aliphatic hydroxyl groups is 1. The third-order valence-corrected chi connectivity index (χ3v) is 2.34. The van der Waals surface area contributed by atoms with Gasteiger partial charge in [0, 0.05) is 6.42 Å². The molecule has 0 unspecified atom stereocenters. The quantitative estimate of drug-likeness (QED) is 0.793. The van der Waals surface area contributed by atoms with Crippen molar-refractivity contribution in [1.82, 2.24) is 0 Å². The molecule has 4 nitrogen and oxygen atoms in total. The van der Waals surface area contributed by atoms with E-state index in [1.165, 1.54) is 5.06 Å². The predicted molar refractivity (Wildman–Crippen MR) is 55.0 cm³/mol. The third kappa shape index (κ3) is 2.16. The molecule has 1 saturated heterocycles.